The van der Waals surface area contributed by atoms with Crippen LogP contribution < -0.4 is 0 Å². The second-order valence-corrected chi connectivity index (χ2v) is 11.3. The Kier molecular flexibility index (Phi) is 7.79. The van der Waals surface area contributed by atoms with E-state index in [4.69, 9.17) is 27.1 Å². The average Bonchev–Trinajstić information content (AvgIpc) is 1.63. The summed E-state index contributed by atoms with van der Waals surface area (Å²) >= 11 is 11.0. The highest BCUT2D eigenvalue weighted by Crippen LogP contribution is 2.72. The van der Waals surface area contributed by atoms with Crippen molar-refractivity contribution in [3.05, 3.63) is 0 Å². The van der Waals surface area contributed by atoms with E-state index >= 15 is 0 Å². The van der Waals surface area contributed by atoms with E-state index in [1.54, 1.807) is 5.06 Å². The van der Waals surface area contributed by atoms with Crippen molar-refractivity contribution in [2.75, 3.05) is 14.1 Å². The number of hydrogen-bond acceptors (Lipinski definition) is 2. The molecular weight excluding hydrogens is 218 g/mol. The van der Waals surface area contributed by atoms with Crippen molar-refractivity contribution in [1.82, 2.24) is 5.06 Å². The molecule has 0 spiro atoms. The van der Waals surface area contributed by atoms with Crippen LogP contribution in [-0.2, 0) is 4.62 Å². The molecule has 0 rings (SSSR count). The zero-order valence-corrected chi connectivity index (χ0v) is 9.46. The van der Waals surface area contributed by atoms with Crippen LogP contribution in [0.15, 0.2) is 0 Å². The van der Waals surface area contributed by atoms with E-state index in [0.717, 1.165) is 0 Å². The van der Waals surface area contributed by atoms with Crippen LogP contribution in [-0.4, -0.2) is 19.2 Å². The Morgan fingerprint density at radius 1 is 1.44 bits per heavy atom. The molecule has 0 aliphatic rings. The topological polar surface area (TPSA) is 12.5 Å². The van der Waals surface area contributed by atoms with Crippen LogP contribution >= 0.6 is 45.3 Å². The maximum Gasteiger partial charge on any atom is 0.112 e. The Morgan fingerprint density at radius 3 is 2.33 bits per heavy atom. The molecule has 0 N–H and O–H groups in total. The van der Waals surface area contributed by atoms with Crippen molar-refractivity contribution in [2.24, 2.45) is 0 Å². The molecule has 0 aliphatic carbocycles. The van der Waals surface area contributed by atoms with E-state index in [2.05, 4.69) is 0 Å². The Hall–Kier alpha value is 1.79. The van der Waals surface area contributed by atoms with E-state index in [0.29, 0.717) is 16.5 Å². The van der Waals surface area contributed by atoms with Crippen molar-refractivity contribution in [2.45, 2.75) is 0 Å². The molecule has 2 unspecified atom stereocenters. The van der Waals surface area contributed by atoms with Gasteiger partial charge in [0.15, 0.2) is 0 Å². The third-order valence-electron chi connectivity index (χ3n) is 0.358. The summed E-state index contributed by atoms with van der Waals surface area (Å²) in [6.07, 6.45) is -0.798. The molecule has 0 heterocycles. The SMILES string of the molecule is CN(C)OPPP(Cl)Cl. The predicted octanol–water partition coefficient (Wildman–Crippen LogP) is 3.37. The van der Waals surface area contributed by atoms with Crippen LogP contribution in [0.2, 0.25) is 0 Å². The van der Waals surface area contributed by atoms with Crippen molar-refractivity contribution in [1.29, 1.82) is 0 Å². The van der Waals surface area contributed by atoms with Crippen LogP contribution in [0.5, 0.6) is 0 Å². The minimum absolute atomic E-state index is 0.412. The Labute approximate surface area is 69.3 Å². The van der Waals surface area contributed by atoms with Crippen molar-refractivity contribution in [3.8, 4) is 0 Å². The molecule has 0 aromatic carbocycles. The normalized spacial score (nSPS) is 14.0. The maximum atomic E-state index is 5.51. The largest absolute Gasteiger partial charge is 0.276 e. The van der Waals surface area contributed by atoms with Crippen molar-refractivity contribution >= 4 is 45.3 Å². The number of hydrogen-bond donors (Lipinski definition) is 0. The van der Waals surface area contributed by atoms with Crippen LogP contribution in [0.1, 0.15) is 0 Å². The van der Waals surface area contributed by atoms with Gasteiger partial charge in [-0.2, -0.15) is 5.06 Å². The first-order valence-corrected chi connectivity index (χ1v) is 8.99. The van der Waals surface area contributed by atoms with E-state index in [1.807, 2.05) is 14.1 Å². The Morgan fingerprint density at radius 2 is 2.00 bits per heavy atom. The summed E-state index contributed by atoms with van der Waals surface area (Å²) in [5.41, 5.74) is 0. The fourth-order valence-corrected chi connectivity index (χ4v) is 4.17. The number of halogens is 2. The third-order valence-corrected chi connectivity index (χ3v) is 9.04. The predicted molar refractivity (Wildman–Crippen MR) is 50.0 cm³/mol. The smallest absolute Gasteiger partial charge is 0.112 e. The molecular formula is C2H8Cl2NOP3. The number of hydroxylamine groups is 2. The molecule has 0 bridgehead atoms. The monoisotopic (exact) mass is 225 g/mol. The third kappa shape index (κ3) is 9.79. The van der Waals surface area contributed by atoms with Crippen LogP contribution in [0, 0.1) is 0 Å². The molecule has 0 aromatic heterocycles. The molecule has 0 saturated carbocycles. The highest BCUT2D eigenvalue weighted by atomic mass is 35.9. The standard InChI is InChI=1S/C2H8Cl2NOP3/c1-5(2)6-7-8-9(3)4/h7-8H,1-2H3. The van der Waals surface area contributed by atoms with E-state index in [-0.39, 0.29) is 0 Å². The molecule has 2 nitrogen and oxygen atoms in total. The van der Waals surface area contributed by atoms with E-state index in [1.165, 1.54) is 0 Å². The first-order chi connectivity index (χ1) is 4.13. The number of rotatable bonds is 4. The minimum atomic E-state index is -0.798. The van der Waals surface area contributed by atoms with Gasteiger partial charge < -0.3 is 0 Å². The fourth-order valence-electron chi connectivity index (χ4n) is 0.146. The Balaban J connectivity index is 2.91. The fraction of sp³-hybridized carbons (Fsp3) is 1.00. The molecule has 2 atom stereocenters. The van der Waals surface area contributed by atoms with Crippen LogP contribution in [0.25, 0.3) is 0 Å². The Bertz CT molecular complexity index is 64.8. The lowest BCUT2D eigenvalue weighted by molar-refractivity contribution is 0.0194. The molecule has 9 heavy (non-hydrogen) atoms. The summed E-state index contributed by atoms with van der Waals surface area (Å²) < 4.78 is 5.07. The second-order valence-electron chi connectivity index (χ2n) is 1.35. The summed E-state index contributed by atoms with van der Waals surface area (Å²) in [6, 6.07) is 0. The second kappa shape index (κ2) is 6.50. The highest BCUT2D eigenvalue weighted by Gasteiger charge is 1.98. The maximum absolute atomic E-state index is 5.51. The lowest BCUT2D eigenvalue weighted by Gasteiger charge is -2.08. The van der Waals surface area contributed by atoms with Gasteiger partial charge in [0.2, 0.25) is 0 Å². The van der Waals surface area contributed by atoms with Crippen molar-refractivity contribution < 1.29 is 4.62 Å². The minimum Gasteiger partial charge on any atom is -0.276 e. The van der Waals surface area contributed by atoms with Crippen LogP contribution in [0.4, 0.5) is 0 Å². The first-order valence-electron chi connectivity index (χ1n) is 2.09. The quantitative estimate of drug-likeness (QED) is 0.538. The summed E-state index contributed by atoms with van der Waals surface area (Å²) in [7, 11) is 4.62. The van der Waals surface area contributed by atoms with E-state index in [9.17, 15) is 0 Å². The number of nitrogens with zero attached hydrogens (tertiary/aromatic N) is 1. The van der Waals surface area contributed by atoms with Gasteiger partial charge >= 0.3 is 0 Å². The van der Waals surface area contributed by atoms with Gasteiger partial charge in [0.25, 0.3) is 0 Å². The molecule has 0 radical (unpaired) electrons. The molecule has 0 amide bonds. The molecule has 56 valence electrons. The molecule has 0 aliphatic heterocycles. The van der Waals surface area contributed by atoms with Gasteiger partial charge in [-0.25, -0.2) is 0 Å². The van der Waals surface area contributed by atoms with Gasteiger partial charge in [-0.15, -0.1) is 0 Å². The van der Waals surface area contributed by atoms with Gasteiger partial charge in [0, 0.05) is 14.1 Å². The van der Waals surface area contributed by atoms with Gasteiger partial charge in [-0.1, -0.05) is 22.5 Å². The highest BCUT2D eigenvalue weighted by molar-refractivity contribution is 8.61. The lowest BCUT2D eigenvalue weighted by Crippen LogP contribution is -2.04. The van der Waals surface area contributed by atoms with Gasteiger partial charge in [-0.3, -0.25) is 4.62 Å². The lowest BCUT2D eigenvalue weighted by atomic mass is 11.2. The molecule has 0 saturated heterocycles. The van der Waals surface area contributed by atoms with Crippen molar-refractivity contribution in [3.63, 3.8) is 0 Å². The van der Waals surface area contributed by atoms with Gasteiger partial charge in [0.05, 0.1) is 8.50 Å². The zero-order valence-electron chi connectivity index (χ0n) is 5.06. The first kappa shape index (κ1) is 10.8. The van der Waals surface area contributed by atoms with Gasteiger partial charge in [0.1, 0.15) is 6.32 Å². The average molecular weight is 226 g/mol. The summed E-state index contributed by atoms with van der Waals surface area (Å²) in [4.78, 5) is 0. The molecule has 7 heteroatoms. The summed E-state index contributed by atoms with van der Waals surface area (Å²) in [6.45, 7) is 0. The summed E-state index contributed by atoms with van der Waals surface area (Å²) in [5, 5.41) is 1.65. The van der Waals surface area contributed by atoms with Gasteiger partial charge in [-0.05, 0) is 7.96 Å². The summed E-state index contributed by atoms with van der Waals surface area (Å²) in [5.74, 6) is 0. The molecule has 0 aromatic rings. The molecule has 0 fully saturated rings. The van der Waals surface area contributed by atoms with E-state index < -0.39 is 6.32 Å². The van der Waals surface area contributed by atoms with Crippen LogP contribution in [0.3, 0.4) is 0 Å². The zero-order chi connectivity index (χ0) is 7.28.